The minimum Gasteiger partial charge on any atom is -0.496 e. The maximum atomic E-state index is 8.92. The maximum absolute atomic E-state index is 8.92. The number of rotatable bonds is 4. The molecule has 1 atom stereocenters. The summed E-state index contributed by atoms with van der Waals surface area (Å²) >= 11 is 0. The Hall–Kier alpha value is -1.57. The highest BCUT2D eigenvalue weighted by atomic mass is 16.5. The molecular weight excluding hydrogens is 228 g/mol. The number of benzene rings is 1. The van der Waals surface area contributed by atoms with Crippen molar-refractivity contribution in [1.82, 2.24) is 5.32 Å². The predicted octanol–water partition coefficient (Wildman–Crippen LogP) is 1.84. The van der Waals surface area contributed by atoms with Crippen molar-refractivity contribution in [2.24, 2.45) is 0 Å². The summed E-state index contributed by atoms with van der Waals surface area (Å²) in [6.45, 7) is 4.37. The third-order valence-electron chi connectivity index (χ3n) is 3.33. The van der Waals surface area contributed by atoms with E-state index in [1.807, 2.05) is 12.1 Å². The third kappa shape index (κ3) is 2.81. The lowest BCUT2D eigenvalue weighted by atomic mass is 10.0. The summed E-state index contributed by atoms with van der Waals surface area (Å²) in [5.74, 6) is 0.809. The Labute approximate surface area is 108 Å². The number of nitrogens with zero attached hydrogens (tertiary/aromatic N) is 1. The van der Waals surface area contributed by atoms with Crippen LogP contribution in [-0.4, -0.2) is 25.9 Å². The topological polar surface area (TPSA) is 54.3 Å². The van der Waals surface area contributed by atoms with E-state index in [1.165, 1.54) is 0 Å². The summed E-state index contributed by atoms with van der Waals surface area (Å²) in [6, 6.07) is 7.62. The Kier molecular flexibility index (Phi) is 3.85. The van der Waals surface area contributed by atoms with Crippen molar-refractivity contribution in [3.63, 3.8) is 0 Å². The second-order valence-corrected chi connectivity index (χ2v) is 4.86. The van der Waals surface area contributed by atoms with Crippen LogP contribution in [0, 0.1) is 11.3 Å². The number of nitrogens with one attached hydrogen (secondary N) is 1. The zero-order valence-electron chi connectivity index (χ0n) is 10.8. The highest BCUT2D eigenvalue weighted by Gasteiger charge is 2.29. The minimum atomic E-state index is 0.0215. The first-order valence-electron chi connectivity index (χ1n) is 6.07. The monoisotopic (exact) mass is 246 g/mol. The van der Waals surface area contributed by atoms with Gasteiger partial charge in [-0.05, 0) is 31.5 Å². The van der Waals surface area contributed by atoms with Crippen molar-refractivity contribution >= 4 is 0 Å². The molecule has 4 heteroatoms. The largest absolute Gasteiger partial charge is 0.496 e. The molecule has 0 aliphatic carbocycles. The Morgan fingerprint density at radius 1 is 1.56 bits per heavy atom. The number of hydrogen-bond donors (Lipinski definition) is 1. The van der Waals surface area contributed by atoms with Crippen LogP contribution in [0.2, 0.25) is 0 Å². The van der Waals surface area contributed by atoms with E-state index in [-0.39, 0.29) is 5.54 Å². The predicted molar refractivity (Wildman–Crippen MR) is 68.4 cm³/mol. The Bertz CT molecular complexity index is 459. The summed E-state index contributed by atoms with van der Waals surface area (Å²) in [7, 11) is 1.64. The van der Waals surface area contributed by atoms with Crippen LogP contribution < -0.4 is 10.1 Å². The van der Waals surface area contributed by atoms with Gasteiger partial charge in [0.25, 0.3) is 0 Å². The Balaban J connectivity index is 2.10. The minimum absolute atomic E-state index is 0.0215. The molecule has 1 saturated heterocycles. The molecule has 1 aromatic carbocycles. The zero-order chi connectivity index (χ0) is 13.0. The number of methoxy groups -OCH3 is 1. The van der Waals surface area contributed by atoms with Gasteiger partial charge < -0.3 is 14.8 Å². The molecule has 1 aromatic rings. The SMILES string of the molecule is COc1ccc(C#N)cc1CNC1(C)CCOC1. The second-order valence-electron chi connectivity index (χ2n) is 4.86. The summed E-state index contributed by atoms with van der Waals surface area (Å²) < 4.78 is 10.7. The smallest absolute Gasteiger partial charge is 0.123 e. The maximum Gasteiger partial charge on any atom is 0.123 e. The number of hydrogen-bond acceptors (Lipinski definition) is 4. The Morgan fingerprint density at radius 2 is 2.39 bits per heavy atom. The summed E-state index contributed by atoms with van der Waals surface area (Å²) in [5.41, 5.74) is 1.68. The van der Waals surface area contributed by atoms with Crippen molar-refractivity contribution in [3.8, 4) is 11.8 Å². The van der Waals surface area contributed by atoms with Gasteiger partial charge >= 0.3 is 0 Å². The van der Waals surface area contributed by atoms with Gasteiger partial charge in [0.1, 0.15) is 5.75 Å². The van der Waals surface area contributed by atoms with Crippen LogP contribution in [0.15, 0.2) is 18.2 Å². The fraction of sp³-hybridized carbons (Fsp3) is 0.500. The molecule has 1 fully saturated rings. The molecule has 0 aromatic heterocycles. The molecule has 1 heterocycles. The molecule has 0 spiro atoms. The van der Waals surface area contributed by atoms with Crippen molar-refractivity contribution in [3.05, 3.63) is 29.3 Å². The molecule has 2 rings (SSSR count). The molecule has 1 aliphatic heterocycles. The molecule has 96 valence electrons. The van der Waals surface area contributed by atoms with E-state index in [1.54, 1.807) is 13.2 Å². The van der Waals surface area contributed by atoms with Crippen LogP contribution >= 0.6 is 0 Å². The van der Waals surface area contributed by atoms with Gasteiger partial charge in [0, 0.05) is 24.3 Å². The van der Waals surface area contributed by atoms with Crippen LogP contribution in [0.3, 0.4) is 0 Å². The molecule has 1 aliphatic rings. The van der Waals surface area contributed by atoms with Crippen molar-refractivity contribution < 1.29 is 9.47 Å². The first-order valence-corrected chi connectivity index (χ1v) is 6.07. The van der Waals surface area contributed by atoms with Gasteiger partial charge in [0.05, 0.1) is 25.3 Å². The summed E-state index contributed by atoms with van der Waals surface area (Å²) in [4.78, 5) is 0. The highest BCUT2D eigenvalue weighted by molar-refractivity contribution is 5.42. The fourth-order valence-corrected chi connectivity index (χ4v) is 2.10. The summed E-state index contributed by atoms with van der Waals surface area (Å²) in [5, 5.41) is 12.4. The van der Waals surface area contributed by atoms with E-state index in [0.717, 1.165) is 30.9 Å². The van der Waals surface area contributed by atoms with Crippen molar-refractivity contribution in [1.29, 1.82) is 5.26 Å². The molecule has 0 saturated carbocycles. The molecule has 4 nitrogen and oxygen atoms in total. The first kappa shape index (κ1) is 12.9. The normalized spacial score (nSPS) is 22.7. The van der Waals surface area contributed by atoms with Crippen LogP contribution in [0.4, 0.5) is 0 Å². The van der Waals surface area contributed by atoms with Gasteiger partial charge in [0.2, 0.25) is 0 Å². The van der Waals surface area contributed by atoms with E-state index >= 15 is 0 Å². The zero-order valence-corrected chi connectivity index (χ0v) is 10.8. The van der Waals surface area contributed by atoms with Crippen LogP contribution in [0.5, 0.6) is 5.75 Å². The van der Waals surface area contributed by atoms with Crippen LogP contribution in [0.25, 0.3) is 0 Å². The molecule has 1 unspecified atom stereocenters. The highest BCUT2D eigenvalue weighted by Crippen LogP contribution is 2.22. The second kappa shape index (κ2) is 5.38. The Morgan fingerprint density at radius 3 is 3.00 bits per heavy atom. The molecule has 1 N–H and O–H groups in total. The van der Waals surface area contributed by atoms with E-state index < -0.39 is 0 Å². The van der Waals surface area contributed by atoms with Crippen LogP contribution in [-0.2, 0) is 11.3 Å². The lowest BCUT2D eigenvalue weighted by molar-refractivity contribution is 0.171. The van der Waals surface area contributed by atoms with Crippen molar-refractivity contribution in [2.45, 2.75) is 25.4 Å². The van der Waals surface area contributed by atoms with Gasteiger partial charge in [-0.2, -0.15) is 5.26 Å². The van der Waals surface area contributed by atoms with E-state index in [0.29, 0.717) is 12.1 Å². The average Bonchev–Trinajstić information content (AvgIpc) is 2.83. The van der Waals surface area contributed by atoms with Gasteiger partial charge in [0.15, 0.2) is 0 Å². The van der Waals surface area contributed by atoms with E-state index in [9.17, 15) is 0 Å². The van der Waals surface area contributed by atoms with Crippen LogP contribution in [0.1, 0.15) is 24.5 Å². The average molecular weight is 246 g/mol. The molecule has 0 radical (unpaired) electrons. The van der Waals surface area contributed by atoms with E-state index in [2.05, 4.69) is 18.3 Å². The molecular formula is C14H18N2O2. The third-order valence-corrected chi connectivity index (χ3v) is 3.33. The number of nitriles is 1. The van der Waals surface area contributed by atoms with E-state index in [4.69, 9.17) is 14.7 Å². The lowest BCUT2D eigenvalue weighted by Crippen LogP contribution is -2.42. The quantitative estimate of drug-likeness (QED) is 0.880. The van der Waals surface area contributed by atoms with Gasteiger partial charge in [-0.25, -0.2) is 0 Å². The molecule has 0 amide bonds. The van der Waals surface area contributed by atoms with Gasteiger partial charge in [-0.1, -0.05) is 0 Å². The van der Waals surface area contributed by atoms with Gasteiger partial charge in [-0.3, -0.25) is 0 Å². The lowest BCUT2D eigenvalue weighted by Gasteiger charge is -2.24. The fourth-order valence-electron chi connectivity index (χ4n) is 2.10. The summed E-state index contributed by atoms with van der Waals surface area (Å²) in [6.07, 6.45) is 1.01. The molecule has 0 bridgehead atoms. The molecule has 18 heavy (non-hydrogen) atoms. The van der Waals surface area contributed by atoms with Gasteiger partial charge in [-0.15, -0.1) is 0 Å². The standard InChI is InChI=1S/C14H18N2O2/c1-14(5-6-18-10-14)16-9-12-7-11(8-15)3-4-13(12)17-2/h3-4,7,16H,5-6,9-10H2,1-2H3. The van der Waals surface area contributed by atoms with Crippen molar-refractivity contribution in [2.75, 3.05) is 20.3 Å². The first-order chi connectivity index (χ1) is 8.67. The number of ether oxygens (including phenoxy) is 2.